The maximum atomic E-state index is 6.21. The lowest BCUT2D eigenvalue weighted by Gasteiger charge is -2.11. The summed E-state index contributed by atoms with van der Waals surface area (Å²) >= 11 is 6.21. The predicted octanol–water partition coefficient (Wildman–Crippen LogP) is 2.28. The number of nitrogens with two attached hydrogens (primary N) is 1. The van der Waals surface area contributed by atoms with Crippen molar-refractivity contribution in [3.05, 3.63) is 46.5 Å². The highest BCUT2D eigenvalue weighted by Crippen LogP contribution is 2.20. The van der Waals surface area contributed by atoms with Gasteiger partial charge in [0.25, 0.3) is 0 Å². The predicted molar refractivity (Wildman–Crippen MR) is 77.2 cm³/mol. The number of nitrogens with zero attached hydrogens (tertiary/aromatic N) is 3. The summed E-state index contributed by atoms with van der Waals surface area (Å²) in [6, 6.07) is 4.14. The molecule has 0 saturated carbocycles. The van der Waals surface area contributed by atoms with E-state index in [2.05, 4.69) is 10.1 Å². The van der Waals surface area contributed by atoms with Gasteiger partial charge in [0.05, 0.1) is 5.69 Å². The molecule has 0 aliphatic heterocycles. The fraction of sp³-hybridized carbons (Fsp3) is 0.429. The van der Waals surface area contributed by atoms with Crippen molar-refractivity contribution in [1.29, 1.82) is 0 Å². The zero-order valence-electron chi connectivity index (χ0n) is 11.3. The van der Waals surface area contributed by atoms with Crippen LogP contribution in [0.1, 0.15) is 23.2 Å². The molecule has 2 heterocycles. The molecule has 1 atom stereocenters. The number of halogens is 1. The minimum absolute atomic E-state index is 0.0913. The first-order chi connectivity index (χ1) is 9.08. The molecule has 4 nitrogen and oxygen atoms in total. The van der Waals surface area contributed by atoms with Crippen LogP contribution in [-0.2, 0) is 19.9 Å². The van der Waals surface area contributed by atoms with Crippen LogP contribution in [-0.4, -0.2) is 20.8 Å². The van der Waals surface area contributed by atoms with Gasteiger partial charge in [-0.25, -0.2) is 0 Å². The van der Waals surface area contributed by atoms with Gasteiger partial charge >= 0.3 is 0 Å². The fourth-order valence-corrected chi connectivity index (χ4v) is 2.42. The van der Waals surface area contributed by atoms with Crippen molar-refractivity contribution >= 4 is 11.6 Å². The molecular formula is C14H19ClN4. The summed E-state index contributed by atoms with van der Waals surface area (Å²) in [6.07, 6.45) is 6.27. The van der Waals surface area contributed by atoms with E-state index in [-0.39, 0.29) is 6.04 Å². The molecule has 19 heavy (non-hydrogen) atoms. The SMILES string of the molecule is Cc1nn(C)c(Cl)c1CC(N)CCc1ccncc1. The van der Waals surface area contributed by atoms with Gasteiger partial charge in [-0.05, 0) is 43.9 Å². The van der Waals surface area contributed by atoms with Crippen LogP contribution in [0.5, 0.6) is 0 Å². The molecular weight excluding hydrogens is 260 g/mol. The largest absolute Gasteiger partial charge is 0.327 e. The van der Waals surface area contributed by atoms with E-state index < -0.39 is 0 Å². The molecule has 5 heteroatoms. The number of aromatic nitrogens is 3. The van der Waals surface area contributed by atoms with E-state index in [4.69, 9.17) is 17.3 Å². The van der Waals surface area contributed by atoms with Crippen molar-refractivity contribution in [1.82, 2.24) is 14.8 Å². The Morgan fingerprint density at radius 2 is 2.05 bits per heavy atom. The summed E-state index contributed by atoms with van der Waals surface area (Å²) in [5, 5.41) is 4.99. The highest BCUT2D eigenvalue weighted by atomic mass is 35.5. The Morgan fingerprint density at radius 1 is 1.37 bits per heavy atom. The lowest BCUT2D eigenvalue weighted by atomic mass is 10.0. The Bertz CT molecular complexity index is 536. The molecule has 0 aliphatic rings. The Morgan fingerprint density at radius 3 is 2.63 bits per heavy atom. The third-order valence-electron chi connectivity index (χ3n) is 3.29. The summed E-state index contributed by atoms with van der Waals surface area (Å²) in [5.41, 5.74) is 9.48. The summed E-state index contributed by atoms with van der Waals surface area (Å²) in [7, 11) is 1.85. The average Bonchev–Trinajstić information content (AvgIpc) is 2.64. The van der Waals surface area contributed by atoms with Crippen molar-refractivity contribution in [2.24, 2.45) is 12.8 Å². The second-order valence-electron chi connectivity index (χ2n) is 4.84. The van der Waals surface area contributed by atoms with Gasteiger partial charge in [0.2, 0.25) is 0 Å². The Kier molecular flexibility index (Phi) is 4.56. The number of hydrogen-bond acceptors (Lipinski definition) is 3. The summed E-state index contributed by atoms with van der Waals surface area (Å²) in [6.45, 7) is 1.97. The molecule has 0 amide bonds. The maximum absolute atomic E-state index is 6.21. The van der Waals surface area contributed by atoms with Crippen molar-refractivity contribution in [2.75, 3.05) is 0 Å². The van der Waals surface area contributed by atoms with Crippen LogP contribution in [0.15, 0.2) is 24.5 Å². The second-order valence-corrected chi connectivity index (χ2v) is 5.19. The third-order valence-corrected chi connectivity index (χ3v) is 3.76. The lowest BCUT2D eigenvalue weighted by Crippen LogP contribution is -2.23. The zero-order valence-corrected chi connectivity index (χ0v) is 12.1. The van der Waals surface area contributed by atoms with Crippen molar-refractivity contribution in [3.63, 3.8) is 0 Å². The standard InChI is InChI=1S/C14H19ClN4/c1-10-13(14(15)19(2)18-10)9-12(16)4-3-11-5-7-17-8-6-11/h5-8,12H,3-4,9,16H2,1-2H3. The molecule has 0 saturated heterocycles. The van der Waals surface area contributed by atoms with E-state index in [1.54, 1.807) is 4.68 Å². The lowest BCUT2D eigenvalue weighted by molar-refractivity contribution is 0.608. The molecule has 0 radical (unpaired) electrons. The van der Waals surface area contributed by atoms with Gasteiger partial charge in [0.1, 0.15) is 5.15 Å². The molecule has 2 N–H and O–H groups in total. The molecule has 2 rings (SSSR count). The molecule has 0 spiro atoms. The van der Waals surface area contributed by atoms with E-state index in [0.717, 1.165) is 30.5 Å². The molecule has 0 aromatic carbocycles. The fourth-order valence-electron chi connectivity index (χ4n) is 2.17. The van der Waals surface area contributed by atoms with Crippen molar-refractivity contribution in [3.8, 4) is 0 Å². The van der Waals surface area contributed by atoms with Crippen LogP contribution < -0.4 is 5.73 Å². The van der Waals surface area contributed by atoms with Crippen LogP contribution in [0, 0.1) is 6.92 Å². The minimum Gasteiger partial charge on any atom is -0.327 e. The van der Waals surface area contributed by atoms with Gasteiger partial charge in [-0.3, -0.25) is 9.67 Å². The average molecular weight is 279 g/mol. The third kappa shape index (κ3) is 3.55. The van der Waals surface area contributed by atoms with E-state index in [9.17, 15) is 0 Å². The molecule has 102 valence electrons. The molecule has 1 unspecified atom stereocenters. The van der Waals surface area contributed by atoms with Gasteiger partial charge in [-0.2, -0.15) is 5.10 Å². The Labute approximate surface area is 118 Å². The van der Waals surface area contributed by atoms with Crippen LogP contribution in [0.25, 0.3) is 0 Å². The van der Waals surface area contributed by atoms with Crippen molar-refractivity contribution in [2.45, 2.75) is 32.2 Å². The van der Waals surface area contributed by atoms with Gasteiger partial charge in [-0.15, -0.1) is 0 Å². The zero-order chi connectivity index (χ0) is 13.8. The number of aryl methyl sites for hydroxylation is 3. The van der Waals surface area contributed by atoms with Crippen LogP contribution in [0.4, 0.5) is 0 Å². The van der Waals surface area contributed by atoms with Crippen molar-refractivity contribution < 1.29 is 0 Å². The van der Waals surface area contributed by atoms with Gasteiger partial charge in [0.15, 0.2) is 0 Å². The molecule has 2 aromatic rings. The van der Waals surface area contributed by atoms with Gasteiger partial charge in [0, 0.05) is 31.0 Å². The van der Waals surface area contributed by atoms with Crippen LogP contribution >= 0.6 is 11.6 Å². The second kappa shape index (κ2) is 6.17. The summed E-state index contributed by atoms with van der Waals surface area (Å²) in [5.74, 6) is 0. The first kappa shape index (κ1) is 14.0. The first-order valence-electron chi connectivity index (χ1n) is 6.40. The topological polar surface area (TPSA) is 56.7 Å². The normalized spacial score (nSPS) is 12.6. The molecule has 2 aromatic heterocycles. The van der Waals surface area contributed by atoms with E-state index in [1.807, 2.05) is 38.5 Å². The van der Waals surface area contributed by atoms with Crippen LogP contribution in [0.3, 0.4) is 0 Å². The van der Waals surface area contributed by atoms with E-state index in [0.29, 0.717) is 5.15 Å². The van der Waals surface area contributed by atoms with Gasteiger partial charge in [-0.1, -0.05) is 11.6 Å². The summed E-state index contributed by atoms with van der Waals surface area (Å²) < 4.78 is 1.70. The minimum atomic E-state index is 0.0913. The number of pyridine rings is 1. The summed E-state index contributed by atoms with van der Waals surface area (Å²) in [4.78, 5) is 4.01. The Balaban J connectivity index is 1.92. The Hall–Kier alpha value is -1.39. The van der Waals surface area contributed by atoms with Crippen LogP contribution in [0.2, 0.25) is 5.15 Å². The maximum Gasteiger partial charge on any atom is 0.130 e. The smallest absolute Gasteiger partial charge is 0.130 e. The highest BCUT2D eigenvalue weighted by Gasteiger charge is 2.14. The molecule has 0 fully saturated rings. The van der Waals surface area contributed by atoms with E-state index in [1.165, 1.54) is 5.56 Å². The quantitative estimate of drug-likeness (QED) is 0.913. The highest BCUT2D eigenvalue weighted by molar-refractivity contribution is 6.30. The monoisotopic (exact) mass is 278 g/mol. The number of hydrogen-bond donors (Lipinski definition) is 1. The molecule has 0 bridgehead atoms. The van der Waals surface area contributed by atoms with Gasteiger partial charge < -0.3 is 5.73 Å². The molecule has 0 aliphatic carbocycles. The van der Waals surface area contributed by atoms with E-state index >= 15 is 0 Å². The number of rotatable bonds is 5. The first-order valence-corrected chi connectivity index (χ1v) is 6.78.